The summed E-state index contributed by atoms with van der Waals surface area (Å²) in [5.41, 5.74) is 3.51. The van der Waals surface area contributed by atoms with Crippen molar-refractivity contribution in [3.8, 4) is 17.6 Å². The number of hydrogen-bond acceptors (Lipinski definition) is 9. The van der Waals surface area contributed by atoms with Gasteiger partial charge in [0.15, 0.2) is 0 Å². The van der Waals surface area contributed by atoms with Crippen molar-refractivity contribution in [2.75, 3.05) is 43.7 Å². The summed E-state index contributed by atoms with van der Waals surface area (Å²) in [5, 5.41) is 17.2. The molecule has 10 nitrogen and oxygen atoms in total. The molecule has 0 saturated heterocycles. The summed E-state index contributed by atoms with van der Waals surface area (Å²) in [7, 11) is 0. The second kappa shape index (κ2) is 16.8. The first-order valence-electron chi connectivity index (χ1n) is 15.2. The second-order valence-electron chi connectivity index (χ2n) is 11.7. The number of rotatable bonds is 16. The lowest BCUT2D eigenvalue weighted by Gasteiger charge is -2.17. The summed E-state index contributed by atoms with van der Waals surface area (Å²) in [6, 6.07) is 16.6. The highest BCUT2D eigenvalue weighted by molar-refractivity contribution is 6.32. The average molecular weight is 646 g/mol. The SMILES string of the molecule is CCOc1cc2ncc(C#N)c(Nc3ccc(OCc4ccccn4)c(Cl)c3)c2cc1NC(=O)CCOCCOCCC(C)(C)C. The molecule has 242 valence electrons. The van der Waals surface area contributed by atoms with Gasteiger partial charge >= 0.3 is 0 Å². The van der Waals surface area contributed by atoms with Gasteiger partial charge in [-0.3, -0.25) is 14.8 Å². The summed E-state index contributed by atoms with van der Waals surface area (Å²) in [5.74, 6) is 0.736. The van der Waals surface area contributed by atoms with E-state index in [0.29, 0.717) is 76.5 Å². The minimum Gasteiger partial charge on any atom is -0.492 e. The number of anilines is 3. The molecule has 0 aliphatic heterocycles. The Labute approximate surface area is 275 Å². The summed E-state index contributed by atoms with van der Waals surface area (Å²) >= 11 is 6.55. The van der Waals surface area contributed by atoms with Crippen molar-refractivity contribution in [2.24, 2.45) is 5.41 Å². The molecule has 0 spiro atoms. The lowest BCUT2D eigenvalue weighted by molar-refractivity contribution is -0.117. The van der Waals surface area contributed by atoms with Gasteiger partial charge < -0.3 is 29.6 Å². The Kier molecular flexibility index (Phi) is 12.5. The van der Waals surface area contributed by atoms with Gasteiger partial charge in [0.1, 0.15) is 24.2 Å². The number of amides is 1. The van der Waals surface area contributed by atoms with E-state index in [1.165, 1.54) is 6.20 Å². The molecule has 0 unspecified atom stereocenters. The van der Waals surface area contributed by atoms with E-state index in [0.717, 1.165) is 12.1 Å². The smallest absolute Gasteiger partial charge is 0.226 e. The summed E-state index contributed by atoms with van der Waals surface area (Å²) < 4.78 is 22.9. The quantitative estimate of drug-likeness (QED) is 0.118. The number of nitriles is 1. The molecule has 0 radical (unpaired) electrons. The monoisotopic (exact) mass is 645 g/mol. The van der Waals surface area contributed by atoms with Gasteiger partial charge in [-0.2, -0.15) is 5.26 Å². The highest BCUT2D eigenvalue weighted by Crippen LogP contribution is 2.37. The molecular formula is C35H40ClN5O5. The van der Waals surface area contributed by atoms with Crippen LogP contribution in [0.15, 0.2) is 60.9 Å². The van der Waals surface area contributed by atoms with Crippen molar-refractivity contribution in [1.82, 2.24) is 9.97 Å². The topological polar surface area (TPSA) is 128 Å². The van der Waals surface area contributed by atoms with Crippen LogP contribution < -0.4 is 20.1 Å². The fourth-order valence-corrected chi connectivity index (χ4v) is 4.60. The molecule has 4 aromatic rings. The van der Waals surface area contributed by atoms with Crippen LogP contribution in [0.2, 0.25) is 5.02 Å². The van der Waals surface area contributed by atoms with Crippen LogP contribution >= 0.6 is 11.6 Å². The molecule has 11 heteroatoms. The van der Waals surface area contributed by atoms with Crippen molar-refractivity contribution in [3.63, 3.8) is 0 Å². The fraction of sp³-hybridized carbons (Fsp3) is 0.371. The third-order valence-corrected chi connectivity index (χ3v) is 7.10. The Morgan fingerprint density at radius 3 is 2.48 bits per heavy atom. The predicted molar refractivity (Wildman–Crippen MR) is 180 cm³/mol. The van der Waals surface area contributed by atoms with Gasteiger partial charge in [-0.25, -0.2) is 0 Å². The number of carbonyl (C=O) groups is 1. The van der Waals surface area contributed by atoms with Crippen molar-refractivity contribution < 1.29 is 23.7 Å². The summed E-state index contributed by atoms with van der Waals surface area (Å²) in [6.45, 7) is 10.9. The van der Waals surface area contributed by atoms with E-state index >= 15 is 0 Å². The first kappa shape index (κ1) is 34.4. The van der Waals surface area contributed by atoms with Gasteiger partial charge in [0, 0.05) is 36.1 Å². The zero-order valence-electron chi connectivity index (χ0n) is 26.7. The molecule has 0 saturated carbocycles. The molecule has 0 bridgehead atoms. The molecule has 0 atom stereocenters. The number of nitrogens with zero attached hydrogens (tertiary/aromatic N) is 3. The van der Waals surface area contributed by atoms with Crippen LogP contribution in [-0.2, 0) is 20.9 Å². The van der Waals surface area contributed by atoms with Crippen LogP contribution in [0.25, 0.3) is 10.9 Å². The number of benzene rings is 2. The van der Waals surface area contributed by atoms with E-state index in [9.17, 15) is 10.1 Å². The van der Waals surface area contributed by atoms with Gasteiger partial charge in [-0.15, -0.1) is 0 Å². The summed E-state index contributed by atoms with van der Waals surface area (Å²) in [6.07, 6.45) is 4.32. The van der Waals surface area contributed by atoms with E-state index in [-0.39, 0.29) is 31.0 Å². The largest absolute Gasteiger partial charge is 0.492 e. The Morgan fingerprint density at radius 2 is 1.78 bits per heavy atom. The Morgan fingerprint density at radius 1 is 0.978 bits per heavy atom. The zero-order chi connectivity index (χ0) is 32.9. The first-order chi connectivity index (χ1) is 22.2. The molecule has 2 N–H and O–H groups in total. The van der Waals surface area contributed by atoms with Gasteiger partial charge in [-0.1, -0.05) is 38.4 Å². The van der Waals surface area contributed by atoms with Crippen LogP contribution in [0.1, 0.15) is 51.8 Å². The maximum Gasteiger partial charge on any atom is 0.226 e. The minimum atomic E-state index is -0.235. The Bertz CT molecular complexity index is 1650. The van der Waals surface area contributed by atoms with Crippen LogP contribution in [0.5, 0.6) is 11.5 Å². The number of fused-ring (bicyclic) bond motifs is 1. The molecule has 2 heterocycles. The van der Waals surface area contributed by atoms with Crippen LogP contribution in [-0.4, -0.2) is 48.9 Å². The van der Waals surface area contributed by atoms with Crippen LogP contribution in [0, 0.1) is 16.7 Å². The highest BCUT2D eigenvalue weighted by atomic mass is 35.5. The van der Waals surface area contributed by atoms with Crippen molar-refractivity contribution >= 4 is 45.5 Å². The number of ether oxygens (including phenoxy) is 4. The molecule has 4 rings (SSSR count). The fourth-order valence-electron chi connectivity index (χ4n) is 4.36. The number of nitrogens with one attached hydrogen (secondary N) is 2. The van der Waals surface area contributed by atoms with E-state index in [4.69, 9.17) is 30.5 Å². The maximum atomic E-state index is 12.9. The molecule has 0 aliphatic rings. The van der Waals surface area contributed by atoms with E-state index in [2.05, 4.69) is 47.4 Å². The lowest BCUT2D eigenvalue weighted by atomic mass is 9.93. The molecule has 46 heavy (non-hydrogen) atoms. The number of carbonyl (C=O) groups excluding carboxylic acids is 1. The zero-order valence-corrected chi connectivity index (χ0v) is 27.4. The minimum absolute atomic E-state index is 0.153. The van der Waals surface area contributed by atoms with E-state index < -0.39 is 0 Å². The summed E-state index contributed by atoms with van der Waals surface area (Å²) in [4.78, 5) is 21.6. The number of hydrogen-bond donors (Lipinski definition) is 2. The lowest BCUT2D eigenvalue weighted by Crippen LogP contribution is -2.16. The third kappa shape index (κ3) is 10.3. The number of aromatic nitrogens is 2. The normalized spacial score (nSPS) is 11.2. The van der Waals surface area contributed by atoms with E-state index in [1.807, 2.05) is 25.1 Å². The standard InChI is InChI=1S/C35H40ClN5O5/c1-5-45-32-20-29-27(19-30(32)41-33(42)11-14-43-16-17-44-15-12-35(2,3)4)34(24(21-37)22-39-29)40-25-9-10-31(28(36)18-25)46-23-26-8-6-7-13-38-26/h6-10,13,18-20,22H,5,11-12,14-17,23H2,1-4H3,(H,39,40)(H,41,42). The van der Waals surface area contributed by atoms with E-state index in [1.54, 1.807) is 36.5 Å². The molecule has 0 aliphatic carbocycles. The predicted octanol–water partition coefficient (Wildman–Crippen LogP) is 7.67. The highest BCUT2D eigenvalue weighted by Gasteiger charge is 2.17. The van der Waals surface area contributed by atoms with Crippen molar-refractivity contribution in [1.29, 1.82) is 5.26 Å². The van der Waals surface area contributed by atoms with Crippen molar-refractivity contribution in [3.05, 3.63) is 77.2 Å². The second-order valence-corrected chi connectivity index (χ2v) is 12.1. The van der Waals surface area contributed by atoms with Crippen molar-refractivity contribution in [2.45, 2.75) is 47.1 Å². The number of halogens is 1. The average Bonchev–Trinajstić information content (AvgIpc) is 3.02. The molecule has 1 amide bonds. The molecule has 2 aromatic heterocycles. The molecular weight excluding hydrogens is 606 g/mol. The maximum absolute atomic E-state index is 12.9. The first-order valence-corrected chi connectivity index (χ1v) is 15.6. The van der Waals surface area contributed by atoms with Gasteiger partial charge in [-0.05, 0) is 55.2 Å². The van der Waals surface area contributed by atoms with Crippen LogP contribution in [0.3, 0.4) is 0 Å². The van der Waals surface area contributed by atoms with Gasteiger partial charge in [0.05, 0.1) is 66.0 Å². The third-order valence-electron chi connectivity index (χ3n) is 6.81. The number of pyridine rings is 2. The van der Waals surface area contributed by atoms with Gasteiger partial charge in [0.25, 0.3) is 0 Å². The van der Waals surface area contributed by atoms with Crippen LogP contribution in [0.4, 0.5) is 17.1 Å². The molecule has 2 aromatic carbocycles. The van der Waals surface area contributed by atoms with Gasteiger partial charge in [0.2, 0.25) is 5.91 Å². The Hall–Kier alpha value is -4.43. The Balaban J connectivity index is 1.45. The molecule has 0 fully saturated rings.